The van der Waals surface area contributed by atoms with Crippen LogP contribution in [-0.2, 0) is 0 Å². The molecule has 0 radical (unpaired) electrons. The van der Waals surface area contributed by atoms with Gasteiger partial charge in [-0.3, -0.25) is 0 Å². The van der Waals surface area contributed by atoms with Crippen molar-refractivity contribution in [2.24, 2.45) is 0 Å². The van der Waals surface area contributed by atoms with Crippen molar-refractivity contribution in [3.63, 3.8) is 0 Å². The van der Waals surface area contributed by atoms with E-state index in [1.165, 1.54) is 0 Å². The highest BCUT2D eigenvalue weighted by Gasteiger charge is 2.09. The summed E-state index contributed by atoms with van der Waals surface area (Å²) in [7, 11) is 0. The van der Waals surface area contributed by atoms with Crippen molar-refractivity contribution < 1.29 is 10.2 Å². The van der Waals surface area contributed by atoms with E-state index in [2.05, 4.69) is 4.98 Å². The van der Waals surface area contributed by atoms with Crippen LogP contribution in [0.1, 0.15) is 0 Å². The molecule has 0 unspecified atom stereocenters. The highest BCUT2D eigenvalue weighted by Crippen LogP contribution is 2.29. The standard InChI is InChI=1S/C14H19N3O2/c15-13-4-3-11(17(6-8-18)7-9-19)10-12(13)14-2-1-5-16-14/h1-5,10,16,18-19H,6-9,15H2. The van der Waals surface area contributed by atoms with Gasteiger partial charge < -0.3 is 25.8 Å². The number of aliphatic hydroxyl groups excluding tert-OH is 2. The van der Waals surface area contributed by atoms with Gasteiger partial charge in [-0.2, -0.15) is 0 Å². The lowest BCUT2D eigenvalue weighted by Gasteiger charge is -2.23. The van der Waals surface area contributed by atoms with Crippen LogP contribution in [0.5, 0.6) is 0 Å². The van der Waals surface area contributed by atoms with Crippen LogP contribution in [0.25, 0.3) is 11.3 Å². The summed E-state index contributed by atoms with van der Waals surface area (Å²) in [6.45, 7) is 1.05. The highest BCUT2D eigenvalue weighted by atomic mass is 16.3. The first-order valence-electron chi connectivity index (χ1n) is 6.26. The van der Waals surface area contributed by atoms with Crippen molar-refractivity contribution in [3.8, 4) is 11.3 Å². The zero-order valence-electron chi connectivity index (χ0n) is 10.7. The Morgan fingerprint density at radius 1 is 1.11 bits per heavy atom. The molecule has 0 fully saturated rings. The Morgan fingerprint density at radius 3 is 2.42 bits per heavy atom. The molecule has 1 aromatic carbocycles. The minimum atomic E-state index is 0.0439. The summed E-state index contributed by atoms with van der Waals surface area (Å²) >= 11 is 0. The topological polar surface area (TPSA) is 85.5 Å². The number of H-pyrrole nitrogens is 1. The number of nitrogens with two attached hydrogens (primary N) is 1. The average molecular weight is 261 g/mol. The van der Waals surface area contributed by atoms with Crippen molar-refractivity contribution >= 4 is 11.4 Å². The summed E-state index contributed by atoms with van der Waals surface area (Å²) < 4.78 is 0. The number of nitrogens with one attached hydrogen (secondary N) is 1. The lowest BCUT2D eigenvalue weighted by Crippen LogP contribution is -2.29. The third-order valence-corrected chi connectivity index (χ3v) is 3.03. The number of aromatic amines is 1. The second-order valence-electron chi connectivity index (χ2n) is 4.29. The van der Waals surface area contributed by atoms with Crippen LogP contribution in [0.4, 0.5) is 11.4 Å². The molecule has 0 spiro atoms. The molecule has 0 aliphatic heterocycles. The van der Waals surface area contributed by atoms with Crippen LogP contribution in [-0.4, -0.2) is 41.5 Å². The van der Waals surface area contributed by atoms with E-state index in [0.29, 0.717) is 18.8 Å². The Bertz CT molecular complexity index is 505. The Labute approximate surface area is 112 Å². The van der Waals surface area contributed by atoms with E-state index in [-0.39, 0.29) is 13.2 Å². The molecule has 0 amide bonds. The van der Waals surface area contributed by atoms with Crippen LogP contribution in [0.15, 0.2) is 36.5 Å². The summed E-state index contributed by atoms with van der Waals surface area (Å²) in [5, 5.41) is 18.2. The maximum Gasteiger partial charge on any atom is 0.0606 e. The number of nitrogens with zero attached hydrogens (tertiary/aromatic N) is 1. The molecule has 0 atom stereocenters. The van der Waals surface area contributed by atoms with Crippen LogP contribution in [0.2, 0.25) is 0 Å². The molecule has 5 nitrogen and oxygen atoms in total. The molecule has 5 heteroatoms. The molecule has 1 heterocycles. The van der Waals surface area contributed by atoms with Gasteiger partial charge in [-0.1, -0.05) is 0 Å². The fourth-order valence-corrected chi connectivity index (χ4v) is 2.08. The van der Waals surface area contributed by atoms with Gasteiger partial charge in [0.2, 0.25) is 0 Å². The van der Waals surface area contributed by atoms with Gasteiger partial charge in [0, 0.05) is 41.9 Å². The van der Waals surface area contributed by atoms with Gasteiger partial charge in [-0.15, -0.1) is 0 Å². The molecule has 1 aromatic heterocycles. The lowest BCUT2D eigenvalue weighted by atomic mass is 10.1. The first-order chi connectivity index (χ1) is 9.26. The lowest BCUT2D eigenvalue weighted by molar-refractivity contribution is 0.281. The number of nitrogen functional groups attached to an aromatic ring is 1. The van der Waals surface area contributed by atoms with Gasteiger partial charge in [-0.25, -0.2) is 0 Å². The summed E-state index contributed by atoms with van der Waals surface area (Å²) in [4.78, 5) is 5.05. The van der Waals surface area contributed by atoms with Crippen molar-refractivity contribution in [1.82, 2.24) is 4.98 Å². The minimum absolute atomic E-state index is 0.0439. The quantitative estimate of drug-likeness (QED) is 0.586. The fraction of sp³-hybridized carbons (Fsp3) is 0.286. The van der Waals surface area contributed by atoms with E-state index in [9.17, 15) is 0 Å². The van der Waals surface area contributed by atoms with Gasteiger partial charge in [0.15, 0.2) is 0 Å². The zero-order valence-corrected chi connectivity index (χ0v) is 10.7. The number of aromatic nitrogens is 1. The Kier molecular flexibility index (Phi) is 4.43. The second kappa shape index (κ2) is 6.26. The largest absolute Gasteiger partial charge is 0.398 e. The van der Waals surface area contributed by atoms with E-state index in [1.807, 2.05) is 41.4 Å². The van der Waals surface area contributed by atoms with Crippen LogP contribution in [0.3, 0.4) is 0 Å². The van der Waals surface area contributed by atoms with Gasteiger partial charge in [-0.05, 0) is 30.3 Å². The van der Waals surface area contributed by atoms with E-state index >= 15 is 0 Å². The molecule has 0 saturated heterocycles. The van der Waals surface area contributed by atoms with E-state index in [1.54, 1.807) is 0 Å². The van der Waals surface area contributed by atoms with E-state index < -0.39 is 0 Å². The molecular formula is C14H19N3O2. The summed E-state index contributed by atoms with van der Waals surface area (Å²) in [6, 6.07) is 9.57. The van der Waals surface area contributed by atoms with Crippen LogP contribution in [0, 0.1) is 0 Å². The Morgan fingerprint density at radius 2 is 1.84 bits per heavy atom. The van der Waals surface area contributed by atoms with E-state index in [0.717, 1.165) is 16.9 Å². The number of aliphatic hydroxyl groups is 2. The number of rotatable bonds is 6. The number of hydrogen-bond acceptors (Lipinski definition) is 4. The monoisotopic (exact) mass is 261 g/mol. The zero-order chi connectivity index (χ0) is 13.7. The summed E-state index contributed by atoms with van der Waals surface area (Å²) in [5.74, 6) is 0. The predicted octanol–water partition coefficient (Wildman–Crippen LogP) is 1.05. The second-order valence-corrected chi connectivity index (χ2v) is 4.29. The first-order valence-corrected chi connectivity index (χ1v) is 6.26. The maximum atomic E-state index is 9.08. The molecule has 5 N–H and O–H groups in total. The van der Waals surface area contributed by atoms with Gasteiger partial charge in [0.25, 0.3) is 0 Å². The van der Waals surface area contributed by atoms with Crippen molar-refractivity contribution in [2.75, 3.05) is 36.9 Å². The molecule has 0 saturated carbocycles. The Balaban J connectivity index is 2.34. The molecule has 19 heavy (non-hydrogen) atoms. The van der Waals surface area contributed by atoms with Gasteiger partial charge >= 0.3 is 0 Å². The fourth-order valence-electron chi connectivity index (χ4n) is 2.08. The number of hydrogen-bond donors (Lipinski definition) is 4. The third kappa shape index (κ3) is 3.07. The van der Waals surface area contributed by atoms with Gasteiger partial charge in [0.05, 0.1) is 13.2 Å². The molecule has 102 valence electrons. The van der Waals surface area contributed by atoms with Gasteiger partial charge in [0.1, 0.15) is 0 Å². The number of benzene rings is 1. The highest BCUT2D eigenvalue weighted by molar-refractivity contribution is 5.78. The summed E-state index contributed by atoms with van der Waals surface area (Å²) in [5.41, 5.74) is 9.49. The predicted molar refractivity (Wildman–Crippen MR) is 77.0 cm³/mol. The molecule has 0 aliphatic carbocycles. The molecule has 0 aliphatic rings. The first kappa shape index (κ1) is 13.5. The SMILES string of the molecule is Nc1ccc(N(CCO)CCO)cc1-c1ccc[nH]1. The molecular weight excluding hydrogens is 242 g/mol. The maximum absolute atomic E-state index is 9.08. The van der Waals surface area contributed by atoms with Crippen molar-refractivity contribution in [2.45, 2.75) is 0 Å². The van der Waals surface area contributed by atoms with Crippen molar-refractivity contribution in [1.29, 1.82) is 0 Å². The smallest absolute Gasteiger partial charge is 0.0606 e. The third-order valence-electron chi connectivity index (χ3n) is 3.03. The molecule has 2 aromatic rings. The molecule has 2 rings (SSSR count). The van der Waals surface area contributed by atoms with Crippen LogP contribution >= 0.6 is 0 Å². The van der Waals surface area contributed by atoms with Crippen molar-refractivity contribution in [3.05, 3.63) is 36.5 Å². The molecule has 0 bridgehead atoms. The number of anilines is 2. The minimum Gasteiger partial charge on any atom is -0.398 e. The average Bonchev–Trinajstić information content (AvgIpc) is 2.93. The normalized spacial score (nSPS) is 10.6. The van der Waals surface area contributed by atoms with E-state index in [4.69, 9.17) is 15.9 Å². The summed E-state index contributed by atoms with van der Waals surface area (Å²) in [6.07, 6.45) is 1.85. The Hall–Kier alpha value is -1.98. The van der Waals surface area contributed by atoms with Crippen LogP contribution < -0.4 is 10.6 Å².